The maximum absolute atomic E-state index is 2.56. The minimum Gasteiger partial charge on any atom is -0.310 e. The van der Waals surface area contributed by atoms with E-state index in [1.165, 1.54) is 94.7 Å². The molecule has 0 saturated carbocycles. The van der Waals surface area contributed by atoms with Gasteiger partial charge in [-0.2, -0.15) is 0 Å². The van der Waals surface area contributed by atoms with Crippen molar-refractivity contribution in [2.75, 3.05) is 4.90 Å². The Hall–Kier alpha value is -5.66. The Morgan fingerprint density at radius 2 is 0.708 bits per heavy atom. The number of para-hydroxylation sites is 1. The van der Waals surface area contributed by atoms with Gasteiger partial charge in [-0.25, -0.2) is 0 Å². The first-order valence-corrected chi connectivity index (χ1v) is 24.0. The van der Waals surface area contributed by atoms with Crippen LogP contribution >= 0.6 is 0 Å². The fourth-order valence-corrected chi connectivity index (χ4v) is 10.6. The van der Waals surface area contributed by atoms with Gasteiger partial charge >= 0.3 is 0 Å². The first-order valence-electron chi connectivity index (χ1n) is 24.0. The Balaban J connectivity index is 1.31. The van der Waals surface area contributed by atoms with Crippen molar-refractivity contribution in [3.63, 3.8) is 0 Å². The molecule has 9 rings (SSSR count). The predicted octanol–water partition coefficient (Wildman–Crippen LogP) is 18.3. The van der Waals surface area contributed by atoms with Gasteiger partial charge in [-0.3, -0.25) is 0 Å². The molecule has 0 spiro atoms. The third-order valence-corrected chi connectivity index (χ3v) is 14.9. The molecular weight excluding hydrogens is 783 g/mol. The van der Waals surface area contributed by atoms with Gasteiger partial charge in [0.05, 0.1) is 5.69 Å². The summed E-state index contributed by atoms with van der Waals surface area (Å²) in [5, 5.41) is 0. The Kier molecular flexibility index (Phi) is 10.2. The van der Waals surface area contributed by atoms with E-state index in [0.717, 1.165) is 11.4 Å². The quantitative estimate of drug-likeness (QED) is 0.167. The van der Waals surface area contributed by atoms with E-state index in [4.69, 9.17) is 0 Å². The number of rotatable bonds is 5. The van der Waals surface area contributed by atoms with E-state index in [9.17, 15) is 0 Å². The molecule has 332 valence electrons. The van der Waals surface area contributed by atoms with E-state index in [-0.39, 0.29) is 32.5 Å². The van der Waals surface area contributed by atoms with Crippen molar-refractivity contribution in [1.82, 2.24) is 0 Å². The van der Waals surface area contributed by atoms with Crippen molar-refractivity contribution in [3.05, 3.63) is 184 Å². The lowest BCUT2D eigenvalue weighted by Gasteiger charge is -2.32. The monoisotopic (exact) mass is 854 g/mol. The zero-order chi connectivity index (χ0) is 46.8. The molecule has 0 N–H and O–H groups in total. The van der Waals surface area contributed by atoms with Gasteiger partial charge in [0.1, 0.15) is 0 Å². The van der Waals surface area contributed by atoms with E-state index < -0.39 is 0 Å². The Morgan fingerprint density at radius 1 is 0.308 bits per heavy atom. The average molecular weight is 854 g/mol. The van der Waals surface area contributed by atoms with Crippen molar-refractivity contribution in [1.29, 1.82) is 0 Å². The van der Waals surface area contributed by atoms with Crippen LogP contribution in [0.15, 0.2) is 140 Å². The summed E-state index contributed by atoms with van der Waals surface area (Å²) in [5.41, 5.74) is 24.5. The molecule has 0 heterocycles. The van der Waals surface area contributed by atoms with Gasteiger partial charge in [-0.05, 0) is 142 Å². The number of benzene rings is 7. The first-order chi connectivity index (χ1) is 30.3. The molecule has 1 nitrogen and oxygen atoms in total. The summed E-state index contributed by atoms with van der Waals surface area (Å²) in [6, 6.07) is 54.5. The number of hydrogen-bond acceptors (Lipinski definition) is 1. The number of fused-ring (bicyclic) bond motifs is 6. The second kappa shape index (κ2) is 14.9. The minimum absolute atomic E-state index is 0.0111. The fourth-order valence-electron chi connectivity index (χ4n) is 10.6. The third-order valence-electron chi connectivity index (χ3n) is 14.9. The maximum atomic E-state index is 2.56. The molecule has 2 aliphatic carbocycles. The van der Waals surface area contributed by atoms with Gasteiger partial charge in [0.25, 0.3) is 0 Å². The summed E-state index contributed by atoms with van der Waals surface area (Å²) < 4.78 is 0. The van der Waals surface area contributed by atoms with E-state index in [1.807, 2.05) is 0 Å². The van der Waals surface area contributed by atoms with Gasteiger partial charge < -0.3 is 4.90 Å². The van der Waals surface area contributed by atoms with Crippen LogP contribution in [0.1, 0.15) is 155 Å². The molecule has 65 heavy (non-hydrogen) atoms. The standard InChI is InChI=1S/C64H71N/c1-59(2,3)41-25-29-47(53(36-41)40-33-43(61(7,8)9)35-44(34-40)62(10,11)12)52-22-18-20-24-58(52)65(45-27-31-50-48-21-17-19-23-54(48)63(13,14)56(50)38-45)46-28-32-51-49-30-26-42(60(4,5)6)37-55(49)64(15,16)57(51)39-46/h17-39H,1-16H3. The molecule has 0 atom stereocenters. The molecule has 2 aliphatic rings. The van der Waals surface area contributed by atoms with Crippen LogP contribution in [0.2, 0.25) is 0 Å². The second-order valence-electron chi connectivity index (χ2n) is 24.4. The van der Waals surface area contributed by atoms with Crippen molar-refractivity contribution < 1.29 is 0 Å². The molecule has 0 saturated heterocycles. The maximum Gasteiger partial charge on any atom is 0.0540 e. The summed E-state index contributed by atoms with van der Waals surface area (Å²) >= 11 is 0. The molecule has 0 fully saturated rings. The highest BCUT2D eigenvalue weighted by atomic mass is 15.1. The Morgan fingerprint density at radius 3 is 1.23 bits per heavy atom. The van der Waals surface area contributed by atoms with Crippen LogP contribution in [-0.4, -0.2) is 0 Å². The second-order valence-corrected chi connectivity index (χ2v) is 24.4. The molecule has 0 aliphatic heterocycles. The van der Waals surface area contributed by atoms with Gasteiger partial charge in [0.2, 0.25) is 0 Å². The van der Waals surface area contributed by atoms with Crippen LogP contribution in [0.25, 0.3) is 44.5 Å². The smallest absolute Gasteiger partial charge is 0.0540 e. The van der Waals surface area contributed by atoms with Gasteiger partial charge in [-0.15, -0.1) is 0 Å². The molecule has 0 bridgehead atoms. The number of nitrogens with zero attached hydrogens (tertiary/aromatic N) is 1. The summed E-state index contributed by atoms with van der Waals surface area (Å²) in [6.07, 6.45) is 0. The van der Waals surface area contributed by atoms with Crippen LogP contribution in [-0.2, 0) is 32.5 Å². The topological polar surface area (TPSA) is 3.24 Å². The predicted molar refractivity (Wildman–Crippen MR) is 282 cm³/mol. The molecule has 7 aromatic carbocycles. The summed E-state index contributed by atoms with van der Waals surface area (Å²) in [7, 11) is 0. The SMILES string of the molecule is CC(C)(C)c1cc(-c2cc(C(C)(C)C)ccc2-c2ccccc2N(c2ccc3c(c2)C(C)(C)c2ccccc2-3)c2ccc3c(c2)C(C)(C)c2cc(C(C)(C)C)ccc2-3)cc(C(C)(C)C)c1. The summed E-state index contributed by atoms with van der Waals surface area (Å²) in [5.74, 6) is 0. The molecule has 0 aromatic heterocycles. The lowest BCUT2D eigenvalue weighted by Crippen LogP contribution is -2.19. The van der Waals surface area contributed by atoms with E-state index >= 15 is 0 Å². The van der Waals surface area contributed by atoms with E-state index in [2.05, 4.69) is 255 Å². The minimum atomic E-state index is -0.173. The summed E-state index contributed by atoms with van der Waals surface area (Å²) in [6.45, 7) is 37.6. The van der Waals surface area contributed by atoms with Crippen molar-refractivity contribution in [2.45, 2.75) is 143 Å². The average Bonchev–Trinajstić information content (AvgIpc) is 3.61. The fraction of sp³-hybridized carbons (Fsp3) is 0.344. The summed E-state index contributed by atoms with van der Waals surface area (Å²) in [4.78, 5) is 2.56. The lowest BCUT2D eigenvalue weighted by molar-refractivity contribution is 0.569. The van der Waals surface area contributed by atoms with Crippen molar-refractivity contribution >= 4 is 17.1 Å². The highest BCUT2D eigenvalue weighted by molar-refractivity contribution is 5.96. The number of hydrogen-bond donors (Lipinski definition) is 0. The highest BCUT2D eigenvalue weighted by Crippen LogP contribution is 2.55. The van der Waals surface area contributed by atoms with Crippen LogP contribution in [0.5, 0.6) is 0 Å². The molecular formula is C64H71N. The zero-order valence-electron chi connectivity index (χ0n) is 42.2. The Bertz CT molecular complexity index is 2980. The number of anilines is 3. The highest BCUT2D eigenvalue weighted by Gasteiger charge is 2.39. The third kappa shape index (κ3) is 7.58. The van der Waals surface area contributed by atoms with Crippen LogP contribution in [0.3, 0.4) is 0 Å². The zero-order valence-corrected chi connectivity index (χ0v) is 42.2. The Labute approximate surface area is 392 Å². The largest absolute Gasteiger partial charge is 0.310 e. The first kappa shape index (κ1) is 44.5. The van der Waals surface area contributed by atoms with Gasteiger partial charge in [-0.1, -0.05) is 214 Å². The molecule has 7 aromatic rings. The normalized spacial score (nSPS) is 15.0. The van der Waals surface area contributed by atoms with Crippen LogP contribution < -0.4 is 4.90 Å². The lowest BCUT2D eigenvalue weighted by atomic mass is 9.77. The van der Waals surface area contributed by atoms with E-state index in [0.29, 0.717) is 0 Å². The van der Waals surface area contributed by atoms with Crippen molar-refractivity contribution in [3.8, 4) is 44.5 Å². The molecule has 0 amide bonds. The van der Waals surface area contributed by atoms with Gasteiger partial charge in [0, 0.05) is 27.8 Å². The van der Waals surface area contributed by atoms with Crippen LogP contribution in [0.4, 0.5) is 17.1 Å². The molecule has 1 heteroatoms. The van der Waals surface area contributed by atoms with Crippen LogP contribution in [0, 0.1) is 0 Å². The molecule has 0 unspecified atom stereocenters. The van der Waals surface area contributed by atoms with Crippen molar-refractivity contribution in [2.24, 2.45) is 0 Å². The molecule has 0 radical (unpaired) electrons. The van der Waals surface area contributed by atoms with E-state index in [1.54, 1.807) is 0 Å². The van der Waals surface area contributed by atoms with Gasteiger partial charge in [0.15, 0.2) is 0 Å².